The molecule has 13 heavy (non-hydrogen) atoms. The lowest BCUT2D eigenvalue weighted by Crippen LogP contribution is -2.14. The summed E-state index contributed by atoms with van der Waals surface area (Å²) < 4.78 is 5.04. The van der Waals surface area contributed by atoms with E-state index in [0.29, 0.717) is 11.8 Å². The van der Waals surface area contributed by atoms with Gasteiger partial charge in [-0.25, -0.2) is 4.98 Å². The zero-order valence-electron chi connectivity index (χ0n) is 7.73. The number of pyridine rings is 1. The van der Waals surface area contributed by atoms with Crippen molar-refractivity contribution in [2.75, 3.05) is 7.11 Å². The second kappa shape index (κ2) is 3.34. The molecular weight excluding hydrogens is 164 g/mol. The molecule has 1 heterocycles. The van der Waals surface area contributed by atoms with Crippen molar-refractivity contribution in [1.82, 2.24) is 4.98 Å². The van der Waals surface area contributed by atoms with Gasteiger partial charge in [0.1, 0.15) is 0 Å². The Balaban J connectivity index is 2.18. The number of hydrogen-bond acceptors (Lipinski definition) is 3. The second-order valence-electron chi connectivity index (χ2n) is 3.47. The molecule has 0 bridgehead atoms. The Labute approximate surface area is 77.9 Å². The molecular formula is C10H14N2O. The maximum absolute atomic E-state index is 6.01. The third kappa shape index (κ3) is 1.80. The summed E-state index contributed by atoms with van der Waals surface area (Å²) in [5, 5.41) is 0. The van der Waals surface area contributed by atoms with Crippen molar-refractivity contribution >= 4 is 0 Å². The molecule has 0 spiro atoms. The molecule has 1 aliphatic carbocycles. The molecule has 70 valence electrons. The Kier molecular flexibility index (Phi) is 2.19. The first-order chi connectivity index (χ1) is 6.31. The molecule has 0 saturated heterocycles. The molecule has 0 aromatic carbocycles. The van der Waals surface area contributed by atoms with Crippen LogP contribution in [0.5, 0.6) is 5.88 Å². The summed E-state index contributed by atoms with van der Waals surface area (Å²) in [4.78, 5) is 4.31. The fourth-order valence-electron chi connectivity index (χ4n) is 1.43. The molecule has 3 heteroatoms. The molecule has 1 saturated carbocycles. The van der Waals surface area contributed by atoms with E-state index < -0.39 is 0 Å². The van der Waals surface area contributed by atoms with E-state index in [2.05, 4.69) is 4.98 Å². The number of ether oxygens (including phenoxy) is 1. The average Bonchev–Trinajstić information content (AvgIpc) is 3.00. The van der Waals surface area contributed by atoms with Crippen LogP contribution in [0.3, 0.4) is 0 Å². The van der Waals surface area contributed by atoms with Crippen molar-refractivity contribution in [1.29, 1.82) is 0 Å². The standard InChI is InChI=1S/C10H14N2O/c1-13-9-4-2-3-8(12-9)10(11)7-5-6-7/h2-4,7,10H,5-6,11H2,1H3. The van der Waals surface area contributed by atoms with Gasteiger partial charge in [0.2, 0.25) is 5.88 Å². The summed E-state index contributed by atoms with van der Waals surface area (Å²) >= 11 is 0. The second-order valence-corrected chi connectivity index (χ2v) is 3.47. The van der Waals surface area contributed by atoms with E-state index in [0.717, 1.165) is 5.69 Å². The first-order valence-electron chi connectivity index (χ1n) is 4.58. The monoisotopic (exact) mass is 178 g/mol. The highest BCUT2D eigenvalue weighted by atomic mass is 16.5. The molecule has 1 fully saturated rings. The van der Waals surface area contributed by atoms with Crippen LogP contribution in [0.15, 0.2) is 18.2 Å². The lowest BCUT2D eigenvalue weighted by molar-refractivity contribution is 0.394. The number of methoxy groups -OCH3 is 1. The van der Waals surface area contributed by atoms with E-state index in [-0.39, 0.29) is 6.04 Å². The van der Waals surface area contributed by atoms with E-state index in [9.17, 15) is 0 Å². The van der Waals surface area contributed by atoms with Crippen LogP contribution in [0.25, 0.3) is 0 Å². The first kappa shape index (κ1) is 8.51. The first-order valence-corrected chi connectivity index (χ1v) is 4.58. The summed E-state index contributed by atoms with van der Waals surface area (Å²) in [6, 6.07) is 5.83. The van der Waals surface area contributed by atoms with E-state index >= 15 is 0 Å². The van der Waals surface area contributed by atoms with Crippen LogP contribution in [-0.2, 0) is 0 Å². The molecule has 1 aromatic rings. The summed E-state index contributed by atoms with van der Waals surface area (Å²) in [6.45, 7) is 0. The van der Waals surface area contributed by atoms with Gasteiger partial charge in [-0.15, -0.1) is 0 Å². The molecule has 0 amide bonds. The minimum absolute atomic E-state index is 0.0927. The van der Waals surface area contributed by atoms with Gasteiger partial charge in [-0.1, -0.05) is 6.07 Å². The smallest absolute Gasteiger partial charge is 0.213 e. The van der Waals surface area contributed by atoms with Crippen LogP contribution in [0.4, 0.5) is 0 Å². The lowest BCUT2D eigenvalue weighted by atomic mass is 10.1. The third-order valence-corrected chi connectivity index (χ3v) is 2.43. The fourth-order valence-corrected chi connectivity index (χ4v) is 1.43. The van der Waals surface area contributed by atoms with E-state index in [1.165, 1.54) is 12.8 Å². The van der Waals surface area contributed by atoms with Gasteiger partial charge in [-0.3, -0.25) is 0 Å². The minimum atomic E-state index is 0.0927. The van der Waals surface area contributed by atoms with Crippen LogP contribution in [0.1, 0.15) is 24.6 Å². The van der Waals surface area contributed by atoms with Crippen LogP contribution in [-0.4, -0.2) is 12.1 Å². The quantitative estimate of drug-likeness (QED) is 0.763. The summed E-state index contributed by atoms with van der Waals surface area (Å²) in [6.07, 6.45) is 2.47. The molecule has 1 unspecified atom stereocenters. The van der Waals surface area contributed by atoms with Gasteiger partial charge in [-0.05, 0) is 24.8 Å². The minimum Gasteiger partial charge on any atom is -0.481 e. The van der Waals surface area contributed by atoms with Gasteiger partial charge in [0.05, 0.1) is 12.8 Å². The predicted molar refractivity (Wildman–Crippen MR) is 50.4 cm³/mol. The Morgan fingerprint density at radius 3 is 2.92 bits per heavy atom. The SMILES string of the molecule is COc1cccc(C(N)C2CC2)n1. The van der Waals surface area contributed by atoms with Crippen molar-refractivity contribution in [3.63, 3.8) is 0 Å². The third-order valence-electron chi connectivity index (χ3n) is 2.43. The maximum atomic E-state index is 6.01. The molecule has 2 rings (SSSR count). The van der Waals surface area contributed by atoms with Crippen molar-refractivity contribution < 1.29 is 4.74 Å². The van der Waals surface area contributed by atoms with Gasteiger partial charge < -0.3 is 10.5 Å². The van der Waals surface area contributed by atoms with E-state index in [1.54, 1.807) is 7.11 Å². The molecule has 0 radical (unpaired) electrons. The number of nitrogens with zero attached hydrogens (tertiary/aromatic N) is 1. The summed E-state index contributed by atoms with van der Waals surface area (Å²) in [7, 11) is 1.62. The van der Waals surface area contributed by atoms with Crippen LogP contribution in [0, 0.1) is 5.92 Å². The highest BCUT2D eigenvalue weighted by molar-refractivity contribution is 5.19. The van der Waals surface area contributed by atoms with Crippen LogP contribution >= 0.6 is 0 Å². The molecule has 1 aliphatic rings. The van der Waals surface area contributed by atoms with E-state index in [4.69, 9.17) is 10.5 Å². The average molecular weight is 178 g/mol. The predicted octanol–water partition coefficient (Wildman–Crippen LogP) is 1.50. The Bertz CT molecular complexity index is 297. The van der Waals surface area contributed by atoms with Crippen molar-refractivity contribution in [3.05, 3.63) is 23.9 Å². The van der Waals surface area contributed by atoms with Crippen molar-refractivity contribution in [2.24, 2.45) is 11.7 Å². The highest BCUT2D eigenvalue weighted by Crippen LogP contribution is 2.38. The molecule has 2 N–H and O–H groups in total. The molecule has 1 aromatic heterocycles. The lowest BCUT2D eigenvalue weighted by Gasteiger charge is -2.09. The van der Waals surface area contributed by atoms with Gasteiger partial charge in [0, 0.05) is 12.1 Å². The highest BCUT2D eigenvalue weighted by Gasteiger charge is 2.30. The fraction of sp³-hybridized carbons (Fsp3) is 0.500. The van der Waals surface area contributed by atoms with Gasteiger partial charge in [-0.2, -0.15) is 0 Å². The van der Waals surface area contributed by atoms with Crippen molar-refractivity contribution in [3.8, 4) is 5.88 Å². The van der Waals surface area contributed by atoms with Gasteiger partial charge in [0.15, 0.2) is 0 Å². The topological polar surface area (TPSA) is 48.1 Å². The normalized spacial score (nSPS) is 18.3. The molecule has 3 nitrogen and oxygen atoms in total. The summed E-state index contributed by atoms with van der Waals surface area (Å²) in [5.74, 6) is 1.29. The largest absolute Gasteiger partial charge is 0.481 e. The Hall–Kier alpha value is -1.09. The van der Waals surface area contributed by atoms with Gasteiger partial charge in [0.25, 0.3) is 0 Å². The number of nitrogens with two attached hydrogens (primary N) is 1. The zero-order chi connectivity index (χ0) is 9.26. The summed E-state index contributed by atoms with van der Waals surface area (Å²) in [5.41, 5.74) is 6.95. The van der Waals surface area contributed by atoms with E-state index in [1.807, 2.05) is 18.2 Å². The zero-order valence-corrected chi connectivity index (χ0v) is 7.73. The van der Waals surface area contributed by atoms with Crippen LogP contribution in [0.2, 0.25) is 0 Å². The molecule has 1 atom stereocenters. The number of aromatic nitrogens is 1. The molecule has 0 aliphatic heterocycles. The number of hydrogen-bond donors (Lipinski definition) is 1. The number of rotatable bonds is 3. The Morgan fingerprint density at radius 2 is 2.31 bits per heavy atom. The van der Waals surface area contributed by atoms with Crippen LogP contribution < -0.4 is 10.5 Å². The Morgan fingerprint density at radius 1 is 1.54 bits per heavy atom. The van der Waals surface area contributed by atoms with Crippen molar-refractivity contribution in [2.45, 2.75) is 18.9 Å². The van der Waals surface area contributed by atoms with Gasteiger partial charge >= 0.3 is 0 Å². The maximum Gasteiger partial charge on any atom is 0.213 e.